The van der Waals surface area contributed by atoms with Gasteiger partial charge < -0.3 is 9.47 Å². The van der Waals surface area contributed by atoms with Gasteiger partial charge in [-0.3, -0.25) is 9.98 Å². The third-order valence-electron chi connectivity index (χ3n) is 5.32. The van der Waals surface area contributed by atoms with Gasteiger partial charge in [-0.2, -0.15) is 0 Å². The number of aromatic nitrogens is 1. The lowest BCUT2D eigenvalue weighted by atomic mass is 9.81. The summed E-state index contributed by atoms with van der Waals surface area (Å²) in [6.07, 6.45) is -1.20. The molecule has 30 heavy (non-hydrogen) atoms. The van der Waals surface area contributed by atoms with Gasteiger partial charge in [0.1, 0.15) is 22.6 Å². The molecular formula is C23H33Cl2N3O2. The topological polar surface area (TPSA) is 56.1 Å². The van der Waals surface area contributed by atoms with Crippen molar-refractivity contribution in [3.05, 3.63) is 27.5 Å². The third kappa shape index (κ3) is 4.32. The Balaban J connectivity index is 2.05. The molecule has 1 aromatic heterocycles. The molecule has 0 saturated heterocycles. The lowest BCUT2D eigenvalue weighted by molar-refractivity contribution is -0.0128. The normalized spacial score (nSPS) is 26.0. The van der Waals surface area contributed by atoms with Crippen molar-refractivity contribution in [2.45, 2.75) is 92.9 Å². The van der Waals surface area contributed by atoms with E-state index in [0.717, 1.165) is 11.4 Å². The first kappa shape index (κ1) is 23.6. The van der Waals surface area contributed by atoms with E-state index in [0.29, 0.717) is 21.4 Å². The SMILES string of the molecule is CC(C)(C)C1=NC(c2nc(C3N=C(C(C)(C)C)C(C)(C)O3)c(Cl)cc2Cl)OC1(C)C. The number of ether oxygens (including phenoxy) is 2. The van der Waals surface area contributed by atoms with Gasteiger partial charge in [0.15, 0.2) is 12.5 Å². The predicted molar refractivity (Wildman–Crippen MR) is 124 cm³/mol. The fourth-order valence-electron chi connectivity index (χ4n) is 4.54. The van der Waals surface area contributed by atoms with E-state index in [-0.39, 0.29) is 10.8 Å². The van der Waals surface area contributed by atoms with Gasteiger partial charge in [-0.25, -0.2) is 4.98 Å². The highest BCUT2D eigenvalue weighted by molar-refractivity contribution is 6.35. The molecule has 0 bridgehead atoms. The molecule has 0 amide bonds. The summed E-state index contributed by atoms with van der Waals surface area (Å²) in [5.41, 5.74) is 1.71. The molecule has 0 spiro atoms. The van der Waals surface area contributed by atoms with Crippen molar-refractivity contribution in [1.29, 1.82) is 0 Å². The fourth-order valence-corrected chi connectivity index (χ4v) is 5.08. The number of pyridine rings is 1. The van der Waals surface area contributed by atoms with Crippen LogP contribution in [0.2, 0.25) is 10.0 Å². The molecule has 0 fully saturated rings. The largest absolute Gasteiger partial charge is 0.339 e. The first-order valence-electron chi connectivity index (χ1n) is 10.3. The van der Waals surface area contributed by atoms with Crippen LogP contribution >= 0.6 is 23.2 Å². The molecule has 0 N–H and O–H groups in total. The van der Waals surface area contributed by atoms with Crippen molar-refractivity contribution in [3.8, 4) is 0 Å². The van der Waals surface area contributed by atoms with Crippen LogP contribution in [0.1, 0.15) is 93.1 Å². The zero-order chi connectivity index (χ0) is 22.9. The van der Waals surface area contributed by atoms with Crippen LogP contribution in [0.4, 0.5) is 0 Å². The second-order valence-electron chi connectivity index (χ2n) is 11.1. The van der Waals surface area contributed by atoms with Crippen molar-refractivity contribution in [2.75, 3.05) is 0 Å². The Morgan fingerprint density at radius 2 is 1.07 bits per heavy atom. The third-order valence-corrected chi connectivity index (χ3v) is 5.92. The van der Waals surface area contributed by atoms with E-state index in [9.17, 15) is 0 Å². The highest BCUT2D eigenvalue weighted by Crippen LogP contribution is 2.44. The minimum atomic E-state index is -0.599. The standard InChI is InChI=1S/C23H33Cl2N3O2/c1-20(2,3)18-22(7,8)29-16(27-18)14-12(24)11-13(25)15(26-14)17-28-19(21(4,5)6)23(9,10)30-17/h11,16-17H,1-10H3. The number of rotatable bonds is 2. The lowest BCUT2D eigenvalue weighted by Gasteiger charge is -2.29. The summed E-state index contributed by atoms with van der Waals surface area (Å²) < 4.78 is 12.5. The van der Waals surface area contributed by atoms with Crippen LogP contribution in [0.15, 0.2) is 16.1 Å². The average Bonchev–Trinajstić information content (AvgIpc) is 3.02. The van der Waals surface area contributed by atoms with Gasteiger partial charge in [-0.05, 0) is 33.8 Å². The molecule has 2 aliphatic heterocycles. The Labute approximate surface area is 190 Å². The molecule has 3 rings (SSSR count). The Hall–Kier alpha value is -1.01. The maximum Gasteiger partial charge on any atom is 0.193 e. The van der Waals surface area contributed by atoms with Gasteiger partial charge in [0.25, 0.3) is 0 Å². The van der Waals surface area contributed by atoms with E-state index >= 15 is 0 Å². The van der Waals surface area contributed by atoms with Crippen LogP contribution in [0.5, 0.6) is 0 Å². The monoisotopic (exact) mass is 453 g/mol. The Morgan fingerprint density at radius 3 is 1.33 bits per heavy atom. The minimum absolute atomic E-state index is 0.134. The van der Waals surface area contributed by atoms with Gasteiger partial charge in [0.05, 0.1) is 21.5 Å². The van der Waals surface area contributed by atoms with Crippen LogP contribution in [0.25, 0.3) is 0 Å². The number of hydrogen-bond donors (Lipinski definition) is 0. The van der Waals surface area contributed by atoms with Crippen molar-refractivity contribution in [1.82, 2.24) is 4.98 Å². The van der Waals surface area contributed by atoms with E-state index in [1.54, 1.807) is 6.07 Å². The molecule has 5 nitrogen and oxygen atoms in total. The number of aliphatic imine (C=N–C) groups is 2. The fraction of sp³-hybridized carbons (Fsp3) is 0.696. The van der Waals surface area contributed by atoms with Crippen molar-refractivity contribution < 1.29 is 9.47 Å². The number of nitrogens with zero attached hydrogens (tertiary/aromatic N) is 3. The van der Waals surface area contributed by atoms with Gasteiger partial charge in [-0.15, -0.1) is 0 Å². The van der Waals surface area contributed by atoms with Crippen molar-refractivity contribution in [3.63, 3.8) is 0 Å². The molecule has 7 heteroatoms. The van der Waals surface area contributed by atoms with Crippen molar-refractivity contribution >= 4 is 34.6 Å². The lowest BCUT2D eigenvalue weighted by Crippen LogP contribution is -2.38. The summed E-state index contributed by atoms with van der Waals surface area (Å²) in [5.74, 6) is 0. The van der Waals surface area contributed by atoms with E-state index in [4.69, 9.17) is 47.6 Å². The minimum Gasteiger partial charge on any atom is -0.339 e. The summed E-state index contributed by atoms with van der Waals surface area (Å²) in [7, 11) is 0. The molecule has 2 atom stereocenters. The summed E-state index contributed by atoms with van der Waals surface area (Å²) in [5, 5.41) is 0.835. The predicted octanol–water partition coefficient (Wildman–Crippen LogP) is 6.98. The smallest absolute Gasteiger partial charge is 0.193 e. The molecule has 0 radical (unpaired) electrons. The Morgan fingerprint density at radius 1 is 0.733 bits per heavy atom. The van der Waals surface area contributed by atoms with Gasteiger partial charge >= 0.3 is 0 Å². The highest BCUT2D eigenvalue weighted by atomic mass is 35.5. The number of hydrogen-bond acceptors (Lipinski definition) is 5. The zero-order valence-electron chi connectivity index (χ0n) is 19.6. The maximum absolute atomic E-state index is 6.53. The molecule has 166 valence electrons. The van der Waals surface area contributed by atoms with Crippen LogP contribution in [-0.2, 0) is 9.47 Å². The van der Waals surface area contributed by atoms with E-state index in [2.05, 4.69) is 41.5 Å². The molecular weight excluding hydrogens is 421 g/mol. The van der Waals surface area contributed by atoms with Crippen LogP contribution in [0.3, 0.4) is 0 Å². The summed E-state index contributed by atoms with van der Waals surface area (Å²) in [6, 6.07) is 1.68. The van der Waals surface area contributed by atoms with Crippen LogP contribution < -0.4 is 0 Å². The second kappa shape index (κ2) is 7.26. The molecule has 2 aliphatic rings. The molecule has 0 aromatic carbocycles. The average molecular weight is 454 g/mol. The van der Waals surface area contributed by atoms with E-state index in [1.165, 1.54) is 0 Å². The molecule has 2 unspecified atom stereocenters. The van der Waals surface area contributed by atoms with E-state index in [1.807, 2.05) is 27.7 Å². The van der Waals surface area contributed by atoms with Gasteiger partial charge in [0.2, 0.25) is 0 Å². The Kier molecular flexibility index (Phi) is 5.72. The highest BCUT2D eigenvalue weighted by Gasteiger charge is 2.45. The maximum atomic E-state index is 6.53. The Bertz CT molecular complexity index is 850. The molecule has 1 aromatic rings. The first-order valence-corrected chi connectivity index (χ1v) is 11.1. The van der Waals surface area contributed by atoms with Gasteiger partial charge in [0, 0.05) is 10.8 Å². The summed E-state index contributed by atoms with van der Waals surface area (Å²) in [6.45, 7) is 20.8. The summed E-state index contributed by atoms with van der Waals surface area (Å²) >= 11 is 13.1. The summed E-state index contributed by atoms with van der Waals surface area (Å²) in [4.78, 5) is 14.5. The van der Waals surface area contributed by atoms with E-state index < -0.39 is 23.7 Å². The van der Waals surface area contributed by atoms with Crippen LogP contribution in [0, 0.1) is 10.8 Å². The van der Waals surface area contributed by atoms with Gasteiger partial charge in [-0.1, -0.05) is 64.7 Å². The zero-order valence-corrected chi connectivity index (χ0v) is 21.2. The second-order valence-corrected chi connectivity index (χ2v) is 12.0. The molecule has 0 saturated carbocycles. The first-order chi connectivity index (χ1) is 13.4. The molecule has 0 aliphatic carbocycles. The van der Waals surface area contributed by atoms with Crippen LogP contribution in [-0.4, -0.2) is 27.6 Å². The number of halogens is 2. The quantitative estimate of drug-likeness (QED) is 0.485. The van der Waals surface area contributed by atoms with Crippen molar-refractivity contribution in [2.24, 2.45) is 20.8 Å². The molecule has 3 heterocycles.